The Bertz CT molecular complexity index is 818. The standard InChI is InChI=1S/C18H22N2O3S/c1-13(21)19-14-5-9-16(10-6-14)24(22,23)17-11-7-15(8-12-17)20-18(2,3)4/h5-12,20H,1-4H3,(H,19,21). The minimum atomic E-state index is -3.59. The number of carbonyl (C=O) groups is 1. The number of carbonyl (C=O) groups excluding carboxylic acids is 1. The van der Waals surface area contributed by atoms with Crippen molar-refractivity contribution >= 4 is 27.1 Å². The molecule has 0 fully saturated rings. The van der Waals surface area contributed by atoms with Crippen molar-refractivity contribution in [1.82, 2.24) is 0 Å². The molecule has 0 bridgehead atoms. The number of sulfone groups is 1. The molecule has 2 rings (SSSR count). The fraction of sp³-hybridized carbons (Fsp3) is 0.278. The first-order valence-corrected chi connectivity index (χ1v) is 9.07. The van der Waals surface area contributed by atoms with Crippen LogP contribution in [-0.4, -0.2) is 19.9 Å². The lowest BCUT2D eigenvalue weighted by molar-refractivity contribution is -0.114. The Hall–Kier alpha value is -2.34. The lowest BCUT2D eigenvalue weighted by Gasteiger charge is -2.22. The van der Waals surface area contributed by atoms with E-state index in [0.717, 1.165) is 5.69 Å². The molecule has 0 aromatic heterocycles. The van der Waals surface area contributed by atoms with Crippen molar-refractivity contribution in [3.63, 3.8) is 0 Å². The van der Waals surface area contributed by atoms with Crippen LogP contribution in [0.15, 0.2) is 58.3 Å². The Kier molecular flexibility index (Phi) is 4.99. The van der Waals surface area contributed by atoms with Crippen molar-refractivity contribution in [2.75, 3.05) is 10.6 Å². The summed E-state index contributed by atoms with van der Waals surface area (Å²) in [6, 6.07) is 12.8. The third-order valence-electron chi connectivity index (χ3n) is 3.17. The van der Waals surface area contributed by atoms with Crippen molar-refractivity contribution < 1.29 is 13.2 Å². The summed E-state index contributed by atoms with van der Waals surface area (Å²) < 4.78 is 25.3. The van der Waals surface area contributed by atoms with Gasteiger partial charge < -0.3 is 10.6 Å². The van der Waals surface area contributed by atoms with E-state index in [4.69, 9.17) is 0 Å². The molecule has 0 atom stereocenters. The van der Waals surface area contributed by atoms with Gasteiger partial charge in [0, 0.05) is 23.8 Å². The zero-order chi connectivity index (χ0) is 18.0. The summed E-state index contributed by atoms with van der Waals surface area (Å²) in [5, 5.41) is 5.90. The average molecular weight is 346 g/mol. The van der Waals surface area contributed by atoms with Gasteiger partial charge in [-0.05, 0) is 69.3 Å². The van der Waals surface area contributed by atoms with E-state index in [-0.39, 0.29) is 21.2 Å². The van der Waals surface area contributed by atoms with Gasteiger partial charge in [0.25, 0.3) is 0 Å². The van der Waals surface area contributed by atoms with E-state index in [2.05, 4.69) is 10.6 Å². The zero-order valence-electron chi connectivity index (χ0n) is 14.3. The SMILES string of the molecule is CC(=O)Nc1ccc(S(=O)(=O)c2ccc(NC(C)(C)C)cc2)cc1. The molecule has 0 aliphatic heterocycles. The third-order valence-corrected chi connectivity index (χ3v) is 4.95. The zero-order valence-corrected chi connectivity index (χ0v) is 15.1. The summed E-state index contributed by atoms with van der Waals surface area (Å²) in [6.07, 6.45) is 0. The molecule has 24 heavy (non-hydrogen) atoms. The summed E-state index contributed by atoms with van der Waals surface area (Å²) in [5.74, 6) is -0.201. The highest BCUT2D eigenvalue weighted by molar-refractivity contribution is 7.91. The van der Waals surface area contributed by atoms with Crippen molar-refractivity contribution in [2.24, 2.45) is 0 Å². The minimum absolute atomic E-state index is 0.0973. The summed E-state index contributed by atoms with van der Waals surface area (Å²) in [5.41, 5.74) is 1.33. The minimum Gasteiger partial charge on any atom is -0.380 e. The Morgan fingerprint density at radius 3 is 1.62 bits per heavy atom. The third kappa shape index (κ3) is 4.58. The molecule has 0 spiro atoms. The van der Waals surface area contributed by atoms with Gasteiger partial charge in [0.15, 0.2) is 0 Å². The van der Waals surface area contributed by atoms with Gasteiger partial charge in [-0.25, -0.2) is 8.42 Å². The number of rotatable bonds is 4. The highest BCUT2D eigenvalue weighted by atomic mass is 32.2. The maximum Gasteiger partial charge on any atom is 0.221 e. The fourth-order valence-electron chi connectivity index (χ4n) is 2.21. The Morgan fingerprint density at radius 1 is 0.833 bits per heavy atom. The summed E-state index contributed by atoms with van der Waals surface area (Å²) in [4.78, 5) is 11.4. The highest BCUT2D eigenvalue weighted by Crippen LogP contribution is 2.24. The highest BCUT2D eigenvalue weighted by Gasteiger charge is 2.18. The maximum atomic E-state index is 12.7. The molecule has 128 valence electrons. The molecule has 0 aliphatic carbocycles. The van der Waals surface area contributed by atoms with E-state index in [1.807, 2.05) is 20.8 Å². The van der Waals surface area contributed by atoms with Crippen molar-refractivity contribution in [1.29, 1.82) is 0 Å². The molecule has 2 aromatic rings. The van der Waals surface area contributed by atoms with Crippen molar-refractivity contribution in [3.8, 4) is 0 Å². The molecule has 0 unspecified atom stereocenters. The predicted molar refractivity (Wildman–Crippen MR) is 96.0 cm³/mol. The van der Waals surface area contributed by atoms with Gasteiger partial charge in [0.1, 0.15) is 0 Å². The molecule has 1 amide bonds. The van der Waals surface area contributed by atoms with E-state index >= 15 is 0 Å². The largest absolute Gasteiger partial charge is 0.380 e. The Morgan fingerprint density at radius 2 is 1.25 bits per heavy atom. The van der Waals surface area contributed by atoms with Crippen LogP contribution in [0, 0.1) is 0 Å². The fourth-order valence-corrected chi connectivity index (χ4v) is 3.47. The van der Waals surface area contributed by atoms with Crippen LogP contribution in [0.1, 0.15) is 27.7 Å². The second-order valence-electron chi connectivity index (χ2n) is 6.61. The molecule has 0 saturated heterocycles. The Labute approximate surface area is 143 Å². The van der Waals surface area contributed by atoms with Crippen LogP contribution in [0.25, 0.3) is 0 Å². The number of benzene rings is 2. The molecule has 2 aromatic carbocycles. The smallest absolute Gasteiger partial charge is 0.221 e. The first-order chi connectivity index (χ1) is 11.1. The second-order valence-corrected chi connectivity index (χ2v) is 8.56. The normalized spacial score (nSPS) is 11.8. The summed E-state index contributed by atoms with van der Waals surface area (Å²) in [7, 11) is -3.59. The lowest BCUT2D eigenvalue weighted by atomic mass is 10.1. The lowest BCUT2D eigenvalue weighted by Crippen LogP contribution is -2.25. The second kappa shape index (κ2) is 6.65. The van der Waals surface area contributed by atoms with E-state index < -0.39 is 9.84 Å². The first kappa shape index (κ1) is 18.0. The van der Waals surface area contributed by atoms with E-state index in [9.17, 15) is 13.2 Å². The van der Waals surface area contributed by atoms with Crippen LogP contribution in [0.3, 0.4) is 0 Å². The average Bonchev–Trinajstić information content (AvgIpc) is 2.46. The molecular weight excluding hydrogens is 324 g/mol. The number of hydrogen-bond donors (Lipinski definition) is 2. The summed E-state index contributed by atoms with van der Waals surface area (Å²) in [6.45, 7) is 7.51. The van der Waals surface area contributed by atoms with Crippen molar-refractivity contribution in [2.45, 2.75) is 43.0 Å². The summed E-state index contributed by atoms with van der Waals surface area (Å²) >= 11 is 0. The van der Waals surface area contributed by atoms with Gasteiger partial charge >= 0.3 is 0 Å². The van der Waals surface area contributed by atoms with Crippen LogP contribution < -0.4 is 10.6 Å². The van der Waals surface area contributed by atoms with Crippen LogP contribution >= 0.6 is 0 Å². The van der Waals surface area contributed by atoms with Gasteiger partial charge in [-0.1, -0.05) is 0 Å². The van der Waals surface area contributed by atoms with Gasteiger partial charge in [0.2, 0.25) is 15.7 Å². The van der Waals surface area contributed by atoms with Crippen LogP contribution in [0.4, 0.5) is 11.4 Å². The van der Waals surface area contributed by atoms with Gasteiger partial charge in [-0.15, -0.1) is 0 Å². The van der Waals surface area contributed by atoms with E-state index in [0.29, 0.717) is 5.69 Å². The molecule has 6 heteroatoms. The monoisotopic (exact) mass is 346 g/mol. The molecule has 2 N–H and O–H groups in total. The maximum absolute atomic E-state index is 12.7. The van der Waals surface area contributed by atoms with Gasteiger partial charge in [-0.2, -0.15) is 0 Å². The van der Waals surface area contributed by atoms with Crippen LogP contribution in [0.2, 0.25) is 0 Å². The molecule has 0 heterocycles. The number of amides is 1. The van der Waals surface area contributed by atoms with Crippen LogP contribution in [-0.2, 0) is 14.6 Å². The molecule has 5 nitrogen and oxygen atoms in total. The van der Waals surface area contributed by atoms with E-state index in [1.165, 1.54) is 19.1 Å². The molecule has 0 aliphatic rings. The van der Waals surface area contributed by atoms with Gasteiger partial charge in [-0.3, -0.25) is 4.79 Å². The van der Waals surface area contributed by atoms with E-state index in [1.54, 1.807) is 36.4 Å². The Balaban J connectivity index is 2.25. The van der Waals surface area contributed by atoms with Gasteiger partial charge in [0.05, 0.1) is 9.79 Å². The topological polar surface area (TPSA) is 75.3 Å². The predicted octanol–water partition coefficient (Wildman–Crippen LogP) is 3.69. The number of hydrogen-bond acceptors (Lipinski definition) is 4. The van der Waals surface area contributed by atoms with Crippen molar-refractivity contribution in [3.05, 3.63) is 48.5 Å². The van der Waals surface area contributed by atoms with Crippen LogP contribution in [0.5, 0.6) is 0 Å². The number of anilines is 2. The molecule has 0 saturated carbocycles. The first-order valence-electron chi connectivity index (χ1n) is 7.59. The molecule has 0 radical (unpaired) electrons. The quantitative estimate of drug-likeness (QED) is 0.885. The number of nitrogens with one attached hydrogen (secondary N) is 2. The molecular formula is C18H22N2O3S.